The van der Waals surface area contributed by atoms with Crippen LogP contribution < -0.4 is 10.1 Å². The number of nitrogens with one attached hydrogen (secondary N) is 1. The van der Waals surface area contributed by atoms with Gasteiger partial charge in [-0.2, -0.15) is 0 Å². The summed E-state index contributed by atoms with van der Waals surface area (Å²) in [6.45, 7) is 0. The number of phenols is 1. The average Bonchev–Trinajstić information content (AvgIpc) is 2.74. The first-order chi connectivity index (χ1) is 14.1. The molecule has 1 atom stereocenters. The summed E-state index contributed by atoms with van der Waals surface area (Å²) in [4.78, 5) is 13.1. The number of carbonyl (C=O) groups is 1. The van der Waals surface area contributed by atoms with Gasteiger partial charge in [0.1, 0.15) is 0 Å². The van der Waals surface area contributed by atoms with E-state index in [-0.39, 0.29) is 11.5 Å². The maximum Gasteiger partial charge on any atom is 0.163 e. The average molecular weight is 450 g/mol. The summed E-state index contributed by atoms with van der Waals surface area (Å²) in [6, 6.07) is 15.6. The number of hydrogen-bond acceptors (Lipinski definition) is 4. The van der Waals surface area contributed by atoms with E-state index in [9.17, 15) is 9.90 Å². The Bertz CT molecular complexity index is 1200. The summed E-state index contributed by atoms with van der Waals surface area (Å²) in [5.74, 6) is 0.578. The van der Waals surface area contributed by atoms with Crippen molar-refractivity contribution in [2.75, 3.05) is 12.4 Å². The van der Waals surface area contributed by atoms with Crippen molar-refractivity contribution in [1.82, 2.24) is 0 Å². The van der Waals surface area contributed by atoms with E-state index in [4.69, 9.17) is 4.74 Å². The van der Waals surface area contributed by atoms with Gasteiger partial charge in [0, 0.05) is 33.3 Å². The fourth-order valence-corrected chi connectivity index (χ4v) is 5.06. The number of allylic oxidation sites excluding steroid dienone is 1. The Morgan fingerprint density at radius 1 is 1.14 bits per heavy atom. The van der Waals surface area contributed by atoms with Crippen LogP contribution in [0, 0.1) is 0 Å². The van der Waals surface area contributed by atoms with E-state index in [2.05, 4.69) is 45.5 Å². The summed E-state index contributed by atoms with van der Waals surface area (Å²) in [7, 11) is 1.53. The highest BCUT2D eigenvalue weighted by Crippen LogP contribution is 2.50. The molecular weight excluding hydrogens is 430 g/mol. The van der Waals surface area contributed by atoms with E-state index >= 15 is 0 Å². The van der Waals surface area contributed by atoms with Crippen LogP contribution in [0.15, 0.2) is 58.6 Å². The highest BCUT2D eigenvalue weighted by atomic mass is 79.9. The number of carbonyl (C=O) groups excluding carboxylic acids is 1. The number of halogens is 1. The minimum atomic E-state index is -0.419. The van der Waals surface area contributed by atoms with Crippen LogP contribution in [0.4, 0.5) is 5.69 Å². The van der Waals surface area contributed by atoms with Gasteiger partial charge in [-0.3, -0.25) is 4.79 Å². The number of ether oxygens (including phenoxy) is 1. The third kappa shape index (κ3) is 2.84. The SMILES string of the molecule is COc1cc(Br)cc([C@H]2Nc3ccc4ccccc4c3C3=C2C(=O)CCC3)c1O. The van der Waals surface area contributed by atoms with Crippen LogP contribution in [0.3, 0.4) is 0 Å². The van der Waals surface area contributed by atoms with Gasteiger partial charge in [-0.1, -0.05) is 46.3 Å². The van der Waals surface area contributed by atoms with E-state index in [0.717, 1.165) is 50.5 Å². The number of aromatic hydroxyl groups is 1. The largest absolute Gasteiger partial charge is 0.504 e. The molecule has 0 aromatic heterocycles. The van der Waals surface area contributed by atoms with E-state index in [1.165, 1.54) is 7.11 Å². The van der Waals surface area contributed by atoms with Gasteiger partial charge in [-0.25, -0.2) is 0 Å². The summed E-state index contributed by atoms with van der Waals surface area (Å²) < 4.78 is 6.13. The van der Waals surface area contributed by atoms with Gasteiger partial charge in [0.15, 0.2) is 17.3 Å². The summed E-state index contributed by atoms with van der Waals surface area (Å²) in [5.41, 5.74) is 4.59. The third-order valence-corrected chi connectivity index (χ3v) is 6.33. The Kier molecular flexibility index (Phi) is 4.36. The zero-order valence-electron chi connectivity index (χ0n) is 16.0. The van der Waals surface area contributed by atoms with Gasteiger partial charge in [-0.05, 0) is 47.4 Å². The molecule has 0 unspecified atom stereocenters. The highest BCUT2D eigenvalue weighted by Gasteiger charge is 2.36. The first kappa shape index (κ1) is 18.3. The normalized spacial score (nSPS) is 18.3. The third-order valence-electron chi connectivity index (χ3n) is 5.88. The lowest BCUT2D eigenvalue weighted by Gasteiger charge is -2.35. The zero-order chi connectivity index (χ0) is 20.1. The van der Waals surface area contributed by atoms with Crippen molar-refractivity contribution < 1.29 is 14.6 Å². The van der Waals surface area contributed by atoms with Crippen LogP contribution in [0.2, 0.25) is 0 Å². The standard InChI is InChI=1S/C24H20BrNO3/c1-29-20-12-14(25)11-17(24(20)28)23-22-16(7-4-8-19(22)27)21-15-6-3-2-5-13(15)9-10-18(21)26-23/h2-3,5-6,9-12,23,26,28H,4,7-8H2,1H3/t23-/m1/s1. The molecule has 0 saturated carbocycles. The fourth-order valence-electron chi connectivity index (χ4n) is 4.61. The Labute approximate surface area is 177 Å². The highest BCUT2D eigenvalue weighted by molar-refractivity contribution is 9.10. The van der Waals surface area contributed by atoms with E-state index in [1.54, 1.807) is 6.07 Å². The molecule has 0 radical (unpaired) electrons. The lowest BCUT2D eigenvalue weighted by molar-refractivity contribution is -0.116. The summed E-state index contributed by atoms with van der Waals surface area (Å²) in [5, 5.41) is 16.7. The van der Waals surface area contributed by atoms with Crippen LogP contribution >= 0.6 is 15.9 Å². The molecule has 1 aliphatic heterocycles. The summed E-state index contributed by atoms with van der Waals surface area (Å²) >= 11 is 3.50. The second-order valence-corrected chi connectivity index (χ2v) is 8.42. The molecule has 2 N–H and O–H groups in total. The first-order valence-corrected chi connectivity index (χ1v) is 10.5. The molecule has 4 nitrogen and oxygen atoms in total. The van der Waals surface area contributed by atoms with Crippen molar-refractivity contribution in [3.63, 3.8) is 0 Å². The maximum absolute atomic E-state index is 13.1. The molecule has 3 aromatic rings. The molecule has 0 spiro atoms. The number of ketones is 1. The van der Waals surface area contributed by atoms with Gasteiger partial charge in [-0.15, -0.1) is 0 Å². The Hall–Kier alpha value is -2.79. The second kappa shape index (κ2) is 6.92. The van der Waals surface area contributed by atoms with Crippen LogP contribution in [0.5, 0.6) is 11.5 Å². The molecule has 2 aliphatic rings. The van der Waals surface area contributed by atoms with Crippen molar-refractivity contribution in [3.05, 3.63) is 69.7 Å². The first-order valence-electron chi connectivity index (χ1n) is 9.69. The number of fused-ring (bicyclic) bond motifs is 4. The van der Waals surface area contributed by atoms with Gasteiger partial charge in [0.05, 0.1) is 13.2 Å². The van der Waals surface area contributed by atoms with Crippen molar-refractivity contribution in [3.8, 4) is 11.5 Å². The van der Waals surface area contributed by atoms with Crippen LogP contribution in [-0.2, 0) is 4.79 Å². The predicted molar refractivity (Wildman–Crippen MR) is 118 cm³/mol. The molecule has 0 saturated heterocycles. The molecular formula is C24H20BrNO3. The maximum atomic E-state index is 13.1. The zero-order valence-corrected chi connectivity index (χ0v) is 17.5. The minimum absolute atomic E-state index is 0.0580. The molecule has 5 rings (SSSR count). The van der Waals surface area contributed by atoms with E-state index in [1.807, 2.05) is 18.2 Å². The van der Waals surface area contributed by atoms with Crippen molar-refractivity contribution in [1.29, 1.82) is 0 Å². The minimum Gasteiger partial charge on any atom is -0.504 e. The molecule has 5 heteroatoms. The fraction of sp³-hybridized carbons (Fsp3) is 0.208. The van der Waals surface area contributed by atoms with Crippen molar-refractivity contribution in [2.24, 2.45) is 0 Å². The molecule has 0 amide bonds. The molecule has 146 valence electrons. The lowest BCUT2D eigenvalue weighted by Crippen LogP contribution is -2.27. The Morgan fingerprint density at radius 2 is 1.97 bits per heavy atom. The van der Waals surface area contributed by atoms with Crippen LogP contribution in [0.25, 0.3) is 16.3 Å². The molecule has 0 bridgehead atoms. The number of benzene rings is 3. The van der Waals surface area contributed by atoms with Gasteiger partial charge >= 0.3 is 0 Å². The topological polar surface area (TPSA) is 58.6 Å². The number of rotatable bonds is 2. The smallest absolute Gasteiger partial charge is 0.163 e. The van der Waals surface area contributed by atoms with E-state index < -0.39 is 6.04 Å². The van der Waals surface area contributed by atoms with E-state index in [0.29, 0.717) is 17.7 Å². The number of Topliss-reactive ketones (excluding diaryl/α,β-unsaturated/α-hetero) is 1. The van der Waals surface area contributed by atoms with Crippen LogP contribution in [-0.4, -0.2) is 18.0 Å². The number of phenolic OH excluding ortho intramolecular Hbond substituents is 1. The Balaban J connectivity index is 1.79. The predicted octanol–water partition coefficient (Wildman–Crippen LogP) is 5.99. The van der Waals surface area contributed by atoms with Crippen molar-refractivity contribution in [2.45, 2.75) is 25.3 Å². The van der Waals surface area contributed by atoms with Crippen molar-refractivity contribution >= 4 is 43.7 Å². The van der Waals surface area contributed by atoms with Gasteiger partial charge in [0.2, 0.25) is 0 Å². The molecule has 29 heavy (non-hydrogen) atoms. The number of methoxy groups -OCH3 is 1. The lowest BCUT2D eigenvalue weighted by atomic mass is 9.76. The number of hydrogen-bond donors (Lipinski definition) is 2. The number of anilines is 1. The molecule has 1 heterocycles. The summed E-state index contributed by atoms with van der Waals surface area (Å²) in [6.07, 6.45) is 2.23. The molecule has 0 fully saturated rings. The molecule has 1 aliphatic carbocycles. The quantitative estimate of drug-likeness (QED) is 0.504. The second-order valence-electron chi connectivity index (χ2n) is 7.50. The Morgan fingerprint density at radius 3 is 2.79 bits per heavy atom. The van der Waals surface area contributed by atoms with Crippen LogP contribution in [0.1, 0.15) is 36.4 Å². The van der Waals surface area contributed by atoms with Gasteiger partial charge < -0.3 is 15.2 Å². The molecule has 3 aromatic carbocycles. The van der Waals surface area contributed by atoms with Gasteiger partial charge in [0.25, 0.3) is 0 Å². The monoisotopic (exact) mass is 449 g/mol.